The molecule has 1 atom stereocenters. The molecule has 0 saturated heterocycles. The minimum Gasteiger partial charge on any atom is -0.448 e. The number of hydrogen-bond acceptors (Lipinski definition) is 4. The van der Waals surface area contributed by atoms with Gasteiger partial charge in [0.2, 0.25) is 0 Å². The maximum Gasteiger partial charge on any atom is 0.356 e. The smallest absolute Gasteiger partial charge is 0.356 e. The number of rotatable bonds is 5. The first-order valence-corrected chi connectivity index (χ1v) is 9.05. The Hall–Kier alpha value is -2.93. The van der Waals surface area contributed by atoms with Gasteiger partial charge in [0.1, 0.15) is 5.69 Å². The van der Waals surface area contributed by atoms with Crippen molar-refractivity contribution in [3.05, 3.63) is 64.3 Å². The third-order valence-electron chi connectivity index (χ3n) is 4.06. The third-order valence-corrected chi connectivity index (χ3v) is 4.89. The zero-order valence-electron chi connectivity index (χ0n) is 14.7. The first-order chi connectivity index (χ1) is 12.9. The van der Waals surface area contributed by atoms with Crippen molar-refractivity contribution in [2.45, 2.75) is 20.0 Å². The molecule has 1 aromatic heterocycles. The first kappa shape index (κ1) is 18.8. The first-order valence-electron chi connectivity index (χ1n) is 8.26. The van der Waals surface area contributed by atoms with E-state index in [1.54, 1.807) is 24.3 Å². The van der Waals surface area contributed by atoms with Gasteiger partial charge >= 0.3 is 5.97 Å². The van der Waals surface area contributed by atoms with Gasteiger partial charge < -0.3 is 15.0 Å². The van der Waals surface area contributed by atoms with Gasteiger partial charge in [0.15, 0.2) is 11.9 Å². The summed E-state index contributed by atoms with van der Waals surface area (Å²) in [6, 6.07) is 14.1. The van der Waals surface area contributed by atoms with E-state index in [1.807, 2.05) is 24.3 Å². The molecule has 0 aliphatic heterocycles. The van der Waals surface area contributed by atoms with Gasteiger partial charge in [0, 0.05) is 16.5 Å². The second-order valence-corrected chi connectivity index (χ2v) is 6.79. The third kappa shape index (κ3) is 3.93. The topological polar surface area (TPSA) is 88.3 Å². The summed E-state index contributed by atoms with van der Waals surface area (Å²) in [7, 11) is 0. The van der Waals surface area contributed by atoms with Crippen LogP contribution < -0.4 is 5.32 Å². The van der Waals surface area contributed by atoms with Gasteiger partial charge in [0.25, 0.3) is 5.91 Å². The van der Waals surface area contributed by atoms with E-state index in [0.717, 1.165) is 10.9 Å². The van der Waals surface area contributed by atoms with Gasteiger partial charge in [-0.15, -0.1) is 0 Å². The predicted octanol–water partition coefficient (Wildman–Crippen LogP) is 4.32. The number of anilines is 1. The Morgan fingerprint density at radius 1 is 1.07 bits per heavy atom. The maximum atomic E-state index is 12.5. The number of nitrogens with one attached hydrogen (secondary N) is 2. The summed E-state index contributed by atoms with van der Waals surface area (Å²) in [5, 5.41) is 3.48. The number of H-pyrrole nitrogens is 1. The average molecular weight is 429 g/mol. The van der Waals surface area contributed by atoms with E-state index in [1.165, 1.54) is 13.8 Å². The van der Waals surface area contributed by atoms with E-state index in [4.69, 9.17) is 4.74 Å². The number of aromatic nitrogens is 1. The SMILES string of the molecule is CC(=O)c1ccccc1NC(=O)C(C)OC(=O)c1[nH]c2ccccc2c1Br. The molecule has 7 heteroatoms. The number of ether oxygens (including phenoxy) is 1. The van der Waals surface area contributed by atoms with E-state index >= 15 is 0 Å². The largest absolute Gasteiger partial charge is 0.448 e. The number of benzene rings is 2. The fourth-order valence-corrected chi connectivity index (χ4v) is 3.26. The molecule has 3 aromatic rings. The molecule has 27 heavy (non-hydrogen) atoms. The van der Waals surface area contributed by atoms with Crippen LogP contribution in [0.15, 0.2) is 53.0 Å². The van der Waals surface area contributed by atoms with Crippen LogP contribution in [0.25, 0.3) is 10.9 Å². The fourth-order valence-electron chi connectivity index (χ4n) is 2.65. The number of esters is 1. The maximum absolute atomic E-state index is 12.5. The van der Waals surface area contributed by atoms with E-state index in [-0.39, 0.29) is 11.5 Å². The lowest BCUT2D eigenvalue weighted by atomic mass is 10.1. The summed E-state index contributed by atoms with van der Waals surface area (Å²) < 4.78 is 5.87. The van der Waals surface area contributed by atoms with Crippen LogP contribution in [-0.4, -0.2) is 28.7 Å². The molecule has 138 valence electrons. The standard InChI is InChI=1S/C20H17BrN2O4/c1-11(24)13-7-3-5-9-15(13)23-19(25)12(2)27-20(26)18-17(21)14-8-4-6-10-16(14)22-18/h3-10,12,22H,1-2H3,(H,23,25). The number of aromatic amines is 1. The van der Waals surface area contributed by atoms with Crippen molar-refractivity contribution in [3.8, 4) is 0 Å². The van der Waals surface area contributed by atoms with Crippen molar-refractivity contribution in [1.29, 1.82) is 0 Å². The lowest BCUT2D eigenvalue weighted by Gasteiger charge is -2.14. The molecule has 3 rings (SSSR count). The van der Waals surface area contributed by atoms with Crippen molar-refractivity contribution in [2.24, 2.45) is 0 Å². The van der Waals surface area contributed by atoms with Crippen LogP contribution in [0.1, 0.15) is 34.7 Å². The second kappa shape index (κ2) is 7.75. The Morgan fingerprint density at radius 2 is 1.74 bits per heavy atom. The Kier molecular flexibility index (Phi) is 5.41. The molecule has 0 saturated carbocycles. The van der Waals surface area contributed by atoms with Crippen molar-refractivity contribution in [2.75, 3.05) is 5.32 Å². The van der Waals surface area contributed by atoms with Gasteiger partial charge in [-0.1, -0.05) is 30.3 Å². The number of ketones is 1. The van der Waals surface area contributed by atoms with Crippen molar-refractivity contribution < 1.29 is 19.1 Å². The van der Waals surface area contributed by atoms with Gasteiger partial charge in [-0.3, -0.25) is 9.59 Å². The minimum absolute atomic E-state index is 0.169. The molecular formula is C20H17BrN2O4. The highest BCUT2D eigenvalue weighted by Gasteiger charge is 2.23. The summed E-state index contributed by atoms with van der Waals surface area (Å²) in [6.45, 7) is 2.89. The van der Waals surface area contributed by atoms with E-state index < -0.39 is 18.0 Å². The number of carbonyl (C=O) groups is 3. The van der Waals surface area contributed by atoms with Gasteiger partial charge in [0.05, 0.1) is 10.2 Å². The summed E-state index contributed by atoms with van der Waals surface area (Å²) in [4.78, 5) is 39.5. The molecule has 0 aliphatic carbocycles. The molecule has 2 aromatic carbocycles. The number of halogens is 1. The van der Waals surface area contributed by atoms with Crippen LogP contribution in [0, 0.1) is 0 Å². The van der Waals surface area contributed by atoms with Gasteiger partial charge in [-0.25, -0.2) is 4.79 Å². The minimum atomic E-state index is -1.05. The van der Waals surface area contributed by atoms with Crippen molar-refractivity contribution in [1.82, 2.24) is 4.98 Å². The monoisotopic (exact) mass is 428 g/mol. The van der Waals surface area contributed by atoms with Crippen LogP contribution in [0.3, 0.4) is 0 Å². The molecule has 1 heterocycles. The zero-order chi connectivity index (χ0) is 19.6. The quantitative estimate of drug-likeness (QED) is 0.467. The molecule has 0 aliphatic rings. The van der Waals surface area contributed by atoms with E-state index in [2.05, 4.69) is 26.2 Å². The molecule has 0 spiro atoms. The average Bonchev–Trinajstić information content (AvgIpc) is 2.99. The van der Waals surface area contributed by atoms with Crippen LogP contribution in [0.2, 0.25) is 0 Å². The normalized spacial score (nSPS) is 11.8. The summed E-state index contributed by atoms with van der Waals surface area (Å²) >= 11 is 3.39. The molecule has 1 amide bonds. The van der Waals surface area contributed by atoms with Crippen molar-refractivity contribution >= 4 is 50.2 Å². The second-order valence-electron chi connectivity index (χ2n) is 6.00. The van der Waals surface area contributed by atoms with E-state index in [0.29, 0.717) is 15.7 Å². The Balaban J connectivity index is 1.73. The highest BCUT2D eigenvalue weighted by atomic mass is 79.9. The Morgan fingerprint density at radius 3 is 2.44 bits per heavy atom. The molecule has 2 N–H and O–H groups in total. The number of carbonyl (C=O) groups excluding carboxylic acids is 3. The highest BCUT2D eigenvalue weighted by Crippen LogP contribution is 2.28. The lowest BCUT2D eigenvalue weighted by Crippen LogP contribution is -2.30. The molecule has 1 unspecified atom stereocenters. The molecule has 0 radical (unpaired) electrons. The molecule has 0 fully saturated rings. The summed E-state index contributed by atoms with van der Waals surface area (Å²) in [5.41, 5.74) is 1.79. The Labute approximate surface area is 164 Å². The Bertz CT molecular complexity index is 1040. The van der Waals surface area contributed by atoms with Crippen LogP contribution in [0.4, 0.5) is 5.69 Å². The van der Waals surface area contributed by atoms with Crippen LogP contribution >= 0.6 is 15.9 Å². The molecular weight excluding hydrogens is 412 g/mol. The lowest BCUT2D eigenvalue weighted by molar-refractivity contribution is -0.123. The van der Waals surface area contributed by atoms with Crippen LogP contribution in [-0.2, 0) is 9.53 Å². The molecule has 6 nitrogen and oxygen atoms in total. The summed E-state index contributed by atoms with van der Waals surface area (Å²) in [5.74, 6) is -1.34. The molecule has 0 bridgehead atoms. The van der Waals surface area contributed by atoms with Gasteiger partial charge in [-0.05, 0) is 48.0 Å². The van der Waals surface area contributed by atoms with Gasteiger partial charge in [-0.2, -0.15) is 0 Å². The fraction of sp³-hybridized carbons (Fsp3) is 0.150. The number of para-hydroxylation sites is 2. The predicted molar refractivity (Wildman–Crippen MR) is 106 cm³/mol. The van der Waals surface area contributed by atoms with Crippen LogP contribution in [0.5, 0.6) is 0 Å². The summed E-state index contributed by atoms with van der Waals surface area (Å²) in [6.07, 6.45) is -1.05. The number of Topliss-reactive ketones (excluding diaryl/α,β-unsaturated/α-hetero) is 1. The highest BCUT2D eigenvalue weighted by molar-refractivity contribution is 9.10. The number of amides is 1. The van der Waals surface area contributed by atoms with Crippen molar-refractivity contribution in [3.63, 3.8) is 0 Å². The zero-order valence-corrected chi connectivity index (χ0v) is 16.3. The number of fused-ring (bicyclic) bond motifs is 1. The van der Waals surface area contributed by atoms with E-state index in [9.17, 15) is 14.4 Å². The number of hydrogen-bond donors (Lipinski definition) is 2.